The van der Waals surface area contributed by atoms with E-state index in [4.69, 9.17) is 14.7 Å². The van der Waals surface area contributed by atoms with Crippen molar-refractivity contribution in [2.75, 3.05) is 20.1 Å². The highest BCUT2D eigenvalue weighted by atomic mass is 16.6. The molecule has 4 N–H and O–H groups in total. The first-order valence-corrected chi connectivity index (χ1v) is 21.7. The molecule has 3 atom stereocenters. The molecule has 3 aromatic carbocycles. The van der Waals surface area contributed by atoms with Crippen LogP contribution in [0.25, 0.3) is 33.6 Å². The van der Waals surface area contributed by atoms with Crippen molar-refractivity contribution >= 4 is 24.0 Å². The second-order valence-electron chi connectivity index (χ2n) is 17.8. The van der Waals surface area contributed by atoms with E-state index in [-0.39, 0.29) is 35.9 Å². The Morgan fingerprint density at radius 2 is 1.23 bits per heavy atom. The maximum atomic E-state index is 14.0. The van der Waals surface area contributed by atoms with Crippen molar-refractivity contribution in [3.05, 3.63) is 108 Å². The number of alkyl carbamates (subject to hydrolysis) is 1. The number of likely N-dealkylation sites (tertiary alicyclic amines) is 2. The lowest BCUT2D eigenvalue weighted by Gasteiger charge is -2.33. The Bertz CT molecular complexity index is 2360. The molecule has 0 radical (unpaired) electrons. The van der Waals surface area contributed by atoms with Crippen LogP contribution in [0.5, 0.6) is 0 Å². The number of likely N-dealkylation sites (N-methyl/N-ethyl adjacent to an activating group) is 1. The lowest BCUT2D eigenvalue weighted by molar-refractivity contribution is -0.138. The fourth-order valence-electron chi connectivity index (χ4n) is 9.25. The van der Waals surface area contributed by atoms with Crippen molar-refractivity contribution in [2.24, 2.45) is 5.92 Å². The predicted molar refractivity (Wildman–Crippen MR) is 235 cm³/mol. The number of hydrogen-bond donors (Lipinski definition) is 4. The molecule has 3 fully saturated rings. The number of rotatable bonds is 10. The molecule has 2 saturated heterocycles. The first-order valence-electron chi connectivity index (χ1n) is 21.7. The van der Waals surface area contributed by atoms with Crippen LogP contribution in [-0.4, -0.2) is 95.5 Å². The van der Waals surface area contributed by atoms with Gasteiger partial charge in [0.25, 0.3) is 5.91 Å². The third-order valence-electron chi connectivity index (χ3n) is 12.5. The number of aromatic nitrogens is 4. The van der Waals surface area contributed by atoms with Gasteiger partial charge < -0.3 is 34.9 Å². The Labute approximate surface area is 362 Å². The van der Waals surface area contributed by atoms with E-state index in [1.165, 1.54) is 7.05 Å². The summed E-state index contributed by atoms with van der Waals surface area (Å²) >= 11 is 0. The van der Waals surface area contributed by atoms with Gasteiger partial charge >= 0.3 is 12.2 Å². The molecule has 2 aromatic heterocycles. The molecule has 14 heteroatoms. The highest BCUT2D eigenvalue weighted by Gasteiger charge is 2.40. The van der Waals surface area contributed by atoms with E-state index in [9.17, 15) is 24.3 Å². The van der Waals surface area contributed by atoms with E-state index >= 15 is 0 Å². The average molecular weight is 841 g/mol. The molecule has 0 bridgehead atoms. The largest absolute Gasteiger partial charge is 0.465 e. The summed E-state index contributed by atoms with van der Waals surface area (Å²) in [5.74, 6) is 1.34. The number of hydrogen-bond acceptors (Lipinski definition) is 7. The van der Waals surface area contributed by atoms with Gasteiger partial charge in [0.1, 0.15) is 23.3 Å². The standard InChI is InChI=1S/C48H56N8O6/c1-48(2,3)62-46(59)51-36-24-22-35(23-25-36)44(57)55-26-8-12-39(55)42-49-28-37(52-42)32-18-14-30(15-19-32)31-16-20-33(21-17-31)38-29-50-43(53-38)40-13-9-27-56(40)45(58)41(54(4)47(60)61)34-10-6-5-7-11-34/h5-7,10-11,14-21,28-29,35-36,39-41H,8-9,12-13,22-27H2,1-4H3,(H,49,52)(H,50,53)(H,51,59)(H,60,61)/t35-,36+,39-,40-,41+/m0/s1. The minimum atomic E-state index is -1.17. The zero-order valence-corrected chi connectivity index (χ0v) is 35.8. The molecule has 4 heterocycles. The molecule has 324 valence electrons. The second kappa shape index (κ2) is 17.9. The molecular formula is C48H56N8O6. The van der Waals surface area contributed by atoms with Crippen molar-refractivity contribution in [1.29, 1.82) is 0 Å². The number of aromatic amines is 2. The molecule has 5 aromatic rings. The number of amides is 4. The minimum Gasteiger partial charge on any atom is -0.465 e. The molecule has 8 rings (SSSR count). The van der Waals surface area contributed by atoms with Gasteiger partial charge in [-0.2, -0.15) is 0 Å². The summed E-state index contributed by atoms with van der Waals surface area (Å²) < 4.78 is 5.42. The van der Waals surface area contributed by atoms with Gasteiger partial charge in [-0.25, -0.2) is 19.6 Å². The summed E-state index contributed by atoms with van der Waals surface area (Å²) in [6.45, 7) is 6.79. The monoisotopic (exact) mass is 840 g/mol. The van der Waals surface area contributed by atoms with Gasteiger partial charge in [-0.15, -0.1) is 0 Å². The van der Waals surface area contributed by atoms with Crippen LogP contribution in [0.2, 0.25) is 0 Å². The molecule has 3 aliphatic rings. The molecule has 1 saturated carbocycles. The molecule has 14 nitrogen and oxygen atoms in total. The summed E-state index contributed by atoms with van der Waals surface area (Å²) in [6.07, 6.45) is 8.36. The minimum absolute atomic E-state index is 0.0183. The first kappa shape index (κ1) is 42.3. The van der Waals surface area contributed by atoms with E-state index in [1.807, 2.05) is 62.2 Å². The topological polar surface area (TPSA) is 177 Å². The molecule has 2 aliphatic heterocycles. The Hall–Kier alpha value is -6.44. The SMILES string of the molecule is CN(C(=O)O)[C@@H](C(=O)N1CCC[C@H]1c1ncc(-c2ccc(-c3ccc(-c4cnc([C@@H]5CCCN5C(=O)[C@H]5CC[C@@H](NC(=O)OC(C)(C)C)CC5)[nH]4)cc3)cc2)[nH]1)c1ccccc1. The van der Waals surface area contributed by atoms with Gasteiger partial charge in [-0.3, -0.25) is 14.5 Å². The molecule has 0 unspecified atom stereocenters. The van der Waals surface area contributed by atoms with Crippen LogP contribution in [0.3, 0.4) is 0 Å². The van der Waals surface area contributed by atoms with Crippen molar-refractivity contribution in [3.8, 4) is 33.6 Å². The van der Waals surface area contributed by atoms with Gasteiger partial charge in [0, 0.05) is 32.1 Å². The van der Waals surface area contributed by atoms with Crippen molar-refractivity contribution in [2.45, 2.75) is 102 Å². The van der Waals surface area contributed by atoms with Crippen molar-refractivity contribution in [1.82, 2.24) is 40.0 Å². The second-order valence-corrected chi connectivity index (χ2v) is 17.8. The third kappa shape index (κ3) is 9.24. The van der Waals surface area contributed by atoms with Crippen LogP contribution in [0, 0.1) is 5.92 Å². The lowest BCUT2D eigenvalue weighted by Crippen LogP contribution is -2.43. The maximum Gasteiger partial charge on any atom is 0.407 e. The molecule has 0 spiro atoms. The predicted octanol–water partition coefficient (Wildman–Crippen LogP) is 8.90. The number of H-pyrrole nitrogens is 2. The number of nitrogens with one attached hydrogen (secondary N) is 3. The number of benzene rings is 3. The average Bonchev–Trinajstić information content (AvgIpc) is 4.11. The summed E-state index contributed by atoms with van der Waals surface area (Å²) in [5, 5.41) is 12.8. The highest BCUT2D eigenvalue weighted by molar-refractivity contribution is 5.87. The van der Waals surface area contributed by atoms with E-state index in [1.54, 1.807) is 23.2 Å². The van der Waals surface area contributed by atoms with Crippen LogP contribution in [0.15, 0.2) is 91.3 Å². The van der Waals surface area contributed by atoms with E-state index in [0.717, 1.165) is 95.7 Å². The molecule has 1 aliphatic carbocycles. The fraction of sp³-hybridized carbons (Fsp3) is 0.417. The molecule has 62 heavy (non-hydrogen) atoms. The van der Waals surface area contributed by atoms with Crippen molar-refractivity contribution < 1.29 is 29.0 Å². The fourth-order valence-corrected chi connectivity index (χ4v) is 9.25. The first-order chi connectivity index (χ1) is 29.8. The quantitative estimate of drug-likeness (QED) is 0.108. The summed E-state index contributed by atoms with van der Waals surface area (Å²) in [5.41, 5.74) is 5.90. The summed E-state index contributed by atoms with van der Waals surface area (Å²) in [4.78, 5) is 73.3. The van der Waals surface area contributed by atoms with Gasteiger partial charge in [0.15, 0.2) is 0 Å². The Morgan fingerprint density at radius 3 is 1.74 bits per heavy atom. The van der Waals surface area contributed by atoms with Crippen LogP contribution < -0.4 is 5.32 Å². The number of carboxylic acid groups (broad SMARTS) is 1. The van der Waals surface area contributed by atoms with Crippen molar-refractivity contribution in [3.63, 3.8) is 0 Å². The number of nitrogens with zero attached hydrogens (tertiary/aromatic N) is 5. The Balaban J connectivity index is 0.879. The van der Waals surface area contributed by atoms with Gasteiger partial charge in [-0.05, 0) is 100.0 Å². The van der Waals surface area contributed by atoms with E-state index in [0.29, 0.717) is 24.5 Å². The number of carbonyl (C=O) groups excluding carboxylic acids is 3. The molecule has 4 amide bonds. The number of carbonyl (C=O) groups is 4. The zero-order chi connectivity index (χ0) is 43.5. The van der Waals surface area contributed by atoms with E-state index in [2.05, 4.69) is 51.7 Å². The van der Waals surface area contributed by atoms with Crippen LogP contribution in [0.1, 0.15) is 107 Å². The lowest BCUT2D eigenvalue weighted by atomic mass is 9.85. The zero-order valence-electron chi connectivity index (χ0n) is 35.8. The number of ether oxygens (including phenoxy) is 1. The highest BCUT2D eigenvalue weighted by Crippen LogP contribution is 2.38. The maximum absolute atomic E-state index is 14.0. The third-order valence-corrected chi connectivity index (χ3v) is 12.5. The Kier molecular flexibility index (Phi) is 12.2. The molecular weight excluding hydrogens is 785 g/mol. The van der Waals surface area contributed by atoms with Crippen LogP contribution in [0.4, 0.5) is 9.59 Å². The van der Waals surface area contributed by atoms with E-state index < -0.39 is 23.8 Å². The van der Waals surface area contributed by atoms with Gasteiger partial charge in [-0.1, -0.05) is 78.9 Å². The van der Waals surface area contributed by atoms with Crippen LogP contribution in [-0.2, 0) is 14.3 Å². The van der Waals surface area contributed by atoms with Crippen LogP contribution >= 0.6 is 0 Å². The Morgan fingerprint density at radius 1 is 0.726 bits per heavy atom. The number of imidazole rings is 2. The smallest absolute Gasteiger partial charge is 0.407 e. The summed E-state index contributed by atoms with van der Waals surface area (Å²) in [6, 6.07) is 24.3. The summed E-state index contributed by atoms with van der Waals surface area (Å²) in [7, 11) is 1.43. The normalized spacial score (nSPS) is 20.8. The van der Waals surface area contributed by atoms with Gasteiger partial charge in [0.2, 0.25) is 5.91 Å². The van der Waals surface area contributed by atoms with Gasteiger partial charge in [0.05, 0.1) is 35.9 Å².